The summed E-state index contributed by atoms with van der Waals surface area (Å²) in [5.74, 6) is 0.114. The molecule has 0 saturated heterocycles. The number of benzene rings is 1. The molecular formula is C14H18ClN3O3. The van der Waals surface area contributed by atoms with Crippen molar-refractivity contribution in [1.29, 1.82) is 5.26 Å². The summed E-state index contributed by atoms with van der Waals surface area (Å²) in [4.78, 5) is 10.4. The van der Waals surface area contributed by atoms with Crippen LogP contribution in [-0.2, 0) is 0 Å². The first-order valence-electron chi connectivity index (χ1n) is 6.65. The van der Waals surface area contributed by atoms with Crippen molar-refractivity contribution in [3.8, 4) is 11.8 Å². The Morgan fingerprint density at radius 1 is 1.57 bits per heavy atom. The molecule has 0 spiro atoms. The number of nitrogens with zero attached hydrogens (tertiary/aromatic N) is 2. The van der Waals surface area contributed by atoms with Crippen molar-refractivity contribution in [2.24, 2.45) is 0 Å². The molecule has 0 heterocycles. The number of nitro benzene ring substituents is 1. The van der Waals surface area contributed by atoms with E-state index in [9.17, 15) is 15.4 Å². The summed E-state index contributed by atoms with van der Waals surface area (Å²) in [6.07, 6.45) is 1.32. The fourth-order valence-corrected chi connectivity index (χ4v) is 1.87. The molecular weight excluding hydrogens is 294 g/mol. The van der Waals surface area contributed by atoms with E-state index in [1.165, 1.54) is 18.2 Å². The van der Waals surface area contributed by atoms with Crippen LogP contribution in [0.1, 0.15) is 26.7 Å². The van der Waals surface area contributed by atoms with Crippen LogP contribution in [0.15, 0.2) is 18.2 Å². The van der Waals surface area contributed by atoms with Crippen LogP contribution >= 0.6 is 11.6 Å². The third-order valence-electron chi connectivity index (χ3n) is 2.99. The number of rotatable bonds is 8. The summed E-state index contributed by atoms with van der Waals surface area (Å²) >= 11 is 5.82. The number of ether oxygens (including phenoxy) is 1. The monoisotopic (exact) mass is 311 g/mol. The zero-order valence-corrected chi connectivity index (χ0v) is 12.8. The Balaban J connectivity index is 2.69. The molecule has 0 radical (unpaired) electrons. The summed E-state index contributed by atoms with van der Waals surface area (Å²) in [6, 6.07) is 6.34. The van der Waals surface area contributed by atoms with Gasteiger partial charge in [-0.3, -0.25) is 15.4 Å². The molecule has 0 aliphatic carbocycles. The molecule has 6 nitrogen and oxygen atoms in total. The van der Waals surface area contributed by atoms with Gasteiger partial charge in [0.15, 0.2) is 5.75 Å². The van der Waals surface area contributed by atoms with E-state index in [0.717, 1.165) is 13.0 Å². The lowest BCUT2D eigenvalue weighted by atomic mass is 10.0. The molecule has 0 aliphatic heterocycles. The standard InChI is InChI=1S/C14H18ClN3O3/c1-3-7-17-14(2,10-16)6-8-21-13-9-11(15)4-5-12(13)18(19)20/h4-5,9,17H,3,6-8H2,1-2H3. The van der Waals surface area contributed by atoms with E-state index in [-0.39, 0.29) is 18.0 Å². The number of hydrogen-bond donors (Lipinski definition) is 1. The van der Waals surface area contributed by atoms with Crippen molar-refractivity contribution in [2.75, 3.05) is 13.2 Å². The molecule has 0 fully saturated rings. The molecule has 1 aromatic rings. The second kappa shape index (κ2) is 7.81. The van der Waals surface area contributed by atoms with Crippen molar-refractivity contribution < 1.29 is 9.66 Å². The second-order valence-electron chi connectivity index (χ2n) is 4.84. The molecule has 0 bridgehead atoms. The summed E-state index contributed by atoms with van der Waals surface area (Å²) in [5, 5.41) is 23.6. The molecule has 1 rings (SSSR count). The van der Waals surface area contributed by atoms with E-state index >= 15 is 0 Å². The molecule has 1 aromatic carbocycles. The van der Waals surface area contributed by atoms with Crippen molar-refractivity contribution in [1.82, 2.24) is 5.32 Å². The minimum Gasteiger partial charge on any atom is -0.487 e. The Labute approximate surface area is 128 Å². The Morgan fingerprint density at radius 3 is 2.86 bits per heavy atom. The van der Waals surface area contributed by atoms with Crippen LogP contribution < -0.4 is 10.1 Å². The molecule has 0 amide bonds. The minimum atomic E-state index is -0.719. The third kappa shape index (κ3) is 5.21. The van der Waals surface area contributed by atoms with Crippen LogP contribution in [0.25, 0.3) is 0 Å². The topological polar surface area (TPSA) is 88.2 Å². The van der Waals surface area contributed by atoms with Gasteiger partial charge >= 0.3 is 5.69 Å². The molecule has 0 aliphatic rings. The van der Waals surface area contributed by atoms with Crippen LogP contribution in [0.4, 0.5) is 5.69 Å². The van der Waals surface area contributed by atoms with E-state index in [1.54, 1.807) is 6.92 Å². The fourth-order valence-electron chi connectivity index (χ4n) is 1.70. The Hall–Kier alpha value is -1.84. The van der Waals surface area contributed by atoms with Gasteiger partial charge in [-0.25, -0.2) is 0 Å². The molecule has 0 aromatic heterocycles. The van der Waals surface area contributed by atoms with E-state index in [2.05, 4.69) is 11.4 Å². The Morgan fingerprint density at radius 2 is 2.29 bits per heavy atom. The zero-order valence-electron chi connectivity index (χ0n) is 12.1. The van der Waals surface area contributed by atoms with Crippen LogP contribution in [0.5, 0.6) is 5.75 Å². The van der Waals surface area contributed by atoms with Crippen molar-refractivity contribution >= 4 is 17.3 Å². The van der Waals surface area contributed by atoms with E-state index in [0.29, 0.717) is 11.4 Å². The lowest BCUT2D eigenvalue weighted by Gasteiger charge is -2.23. The predicted octanol–water partition coefficient (Wildman–Crippen LogP) is 3.30. The van der Waals surface area contributed by atoms with Gasteiger partial charge in [0.1, 0.15) is 5.54 Å². The fraction of sp³-hybridized carbons (Fsp3) is 0.500. The maximum Gasteiger partial charge on any atom is 0.311 e. The van der Waals surface area contributed by atoms with Crippen molar-refractivity contribution in [2.45, 2.75) is 32.2 Å². The van der Waals surface area contributed by atoms with Crippen LogP contribution in [-0.4, -0.2) is 23.6 Å². The highest BCUT2D eigenvalue weighted by molar-refractivity contribution is 6.30. The molecule has 0 saturated carbocycles. The zero-order chi connectivity index (χ0) is 15.9. The highest BCUT2D eigenvalue weighted by Gasteiger charge is 2.23. The smallest absolute Gasteiger partial charge is 0.311 e. The molecule has 21 heavy (non-hydrogen) atoms. The maximum atomic E-state index is 10.9. The molecule has 1 atom stereocenters. The van der Waals surface area contributed by atoms with Gasteiger partial charge in [0.2, 0.25) is 0 Å². The largest absolute Gasteiger partial charge is 0.487 e. The molecule has 7 heteroatoms. The first-order chi connectivity index (χ1) is 9.91. The minimum absolute atomic E-state index is 0.114. The van der Waals surface area contributed by atoms with Gasteiger partial charge in [0.05, 0.1) is 17.6 Å². The molecule has 1 unspecified atom stereocenters. The van der Waals surface area contributed by atoms with Crippen molar-refractivity contribution in [3.63, 3.8) is 0 Å². The quantitative estimate of drug-likeness (QED) is 0.588. The summed E-state index contributed by atoms with van der Waals surface area (Å²) in [6.45, 7) is 4.69. The average Bonchev–Trinajstić information content (AvgIpc) is 2.45. The number of nitrogens with one attached hydrogen (secondary N) is 1. The third-order valence-corrected chi connectivity index (χ3v) is 3.23. The number of halogens is 1. The van der Waals surface area contributed by atoms with Crippen LogP contribution in [0, 0.1) is 21.4 Å². The van der Waals surface area contributed by atoms with Crippen LogP contribution in [0.3, 0.4) is 0 Å². The van der Waals surface area contributed by atoms with Gasteiger partial charge in [0, 0.05) is 23.6 Å². The first kappa shape index (κ1) is 17.2. The first-order valence-corrected chi connectivity index (χ1v) is 7.02. The summed E-state index contributed by atoms with van der Waals surface area (Å²) < 4.78 is 5.44. The van der Waals surface area contributed by atoms with Gasteiger partial charge < -0.3 is 4.74 Å². The van der Waals surface area contributed by atoms with E-state index in [4.69, 9.17) is 16.3 Å². The predicted molar refractivity (Wildman–Crippen MR) is 80.5 cm³/mol. The molecule has 114 valence electrons. The lowest BCUT2D eigenvalue weighted by molar-refractivity contribution is -0.385. The SMILES string of the molecule is CCCNC(C)(C#N)CCOc1cc(Cl)ccc1[N+](=O)[O-]. The van der Waals surface area contributed by atoms with Gasteiger partial charge in [-0.2, -0.15) is 5.26 Å². The number of nitriles is 1. The van der Waals surface area contributed by atoms with Gasteiger partial charge in [0.25, 0.3) is 0 Å². The normalized spacial score (nSPS) is 13.2. The number of nitro groups is 1. The van der Waals surface area contributed by atoms with Gasteiger partial charge in [-0.1, -0.05) is 18.5 Å². The van der Waals surface area contributed by atoms with Crippen LogP contribution in [0.2, 0.25) is 5.02 Å². The second-order valence-corrected chi connectivity index (χ2v) is 5.27. The summed E-state index contributed by atoms with van der Waals surface area (Å²) in [7, 11) is 0. The van der Waals surface area contributed by atoms with Crippen molar-refractivity contribution in [3.05, 3.63) is 33.3 Å². The number of hydrogen-bond acceptors (Lipinski definition) is 5. The average molecular weight is 312 g/mol. The Bertz CT molecular complexity index is 545. The van der Waals surface area contributed by atoms with Gasteiger partial charge in [-0.05, 0) is 26.0 Å². The maximum absolute atomic E-state index is 10.9. The molecule has 1 N–H and O–H groups in total. The van der Waals surface area contributed by atoms with E-state index in [1.807, 2.05) is 6.92 Å². The van der Waals surface area contributed by atoms with E-state index < -0.39 is 10.5 Å². The van der Waals surface area contributed by atoms with Gasteiger partial charge in [-0.15, -0.1) is 0 Å². The lowest BCUT2D eigenvalue weighted by Crippen LogP contribution is -2.42. The Kier molecular flexibility index (Phi) is 6.40. The highest BCUT2D eigenvalue weighted by Crippen LogP contribution is 2.30. The highest BCUT2D eigenvalue weighted by atomic mass is 35.5. The summed E-state index contributed by atoms with van der Waals surface area (Å²) in [5.41, 5.74) is -0.858.